The van der Waals surface area contributed by atoms with Gasteiger partial charge < -0.3 is 26.4 Å². The van der Waals surface area contributed by atoms with E-state index in [1.54, 1.807) is 6.07 Å². The minimum Gasteiger partial charge on any atom is -0.496 e. The zero-order valence-electron chi connectivity index (χ0n) is 21.0. The Balaban J connectivity index is 1.62. The van der Waals surface area contributed by atoms with Crippen molar-refractivity contribution in [2.75, 3.05) is 36.1 Å². The molecule has 0 atom stereocenters. The highest BCUT2D eigenvalue weighted by Gasteiger charge is 2.39. The highest BCUT2D eigenvalue weighted by molar-refractivity contribution is 6.06. The molecule has 3 aromatic heterocycles. The average molecular weight is 531 g/mol. The molecular formula is C25H29F3N8O2. The van der Waals surface area contributed by atoms with E-state index in [2.05, 4.69) is 37.1 Å². The topological polar surface area (TPSA) is 145 Å². The predicted molar refractivity (Wildman–Crippen MR) is 137 cm³/mol. The van der Waals surface area contributed by atoms with Crippen LogP contribution >= 0.6 is 0 Å². The molecule has 0 spiro atoms. The molecular weight excluding hydrogens is 501 g/mol. The fraction of sp³-hybridized carbons (Fsp3) is 0.400. The van der Waals surface area contributed by atoms with E-state index in [9.17, 15) is 18.0 Å². The summed E-state index contributed by atoms with van der Waals surface area (Å²) in [5, 5.41) is 2.68. The maximum atomic E-state index is 13.8. The van der Waals surface area contributed by atoms with Crippen LogP contribution in [0.15, 0.2) is 36.8 Å². The van der Waals surface area contributed by atoms with Gasteiger partial charge in [0.2, 0.25) is 0 Å². The van der Waals surface area contributed by atoms with Crippen LogP contribution in [0.5, 0.6) is 5.75 Å². The molecule has 4 rings (SSSR count). The Labute approximate surface area is 217 Å². The number of hydrogen-bond donors (Lipinski definition) is 3. The van der Waals surface area contributed by atoms with Crippen molar-refractivity contribution in [2.45, 2.75) is 44.3 Å². The maximum Gasteiger partial charge on any atom is 0.422 e. The Morgan fingerprint density at radius 1 is 1.18 bits per heavy atom. The van der Waals surface area contributed by atoms with Crippen molar-refractivity contribution >= 4 is 23.2 Å². The minimum atomic E-state index is -4.80. The van der Waals surface area contributed by atoms with E-state index in [0.29, 0.717) is 18.8 Å². The molecule has 1 fully saturated rings. The molecule has 1 aliphatic rings. The minimum absolute atomic E-state index is 0.217. The Kier molecular flexibility index (Phi) is 7.67. The van der Waals surface area contributed by atoms with Crippen molar-refractivity contribution in [1.29, 1.82) is 0 Å². The van der Waals surface area contributed by atoms with Crippen molar-refractivity contribution in [3.05, 3.63) is 48.0 Å². The van der Waals surface area contributed by atoms with Gasteiger partial charge in [-0.1, -0.05) is 13.3 Å². The van der Waals surface area contributed by atoms with Gasteiger partial charge >= 0.3 is 6.18 Å². The number of hydrogen-bond acceptors (Lipinski definition) is 9. The quantitative estimate of drug-likeness (QED) is 0.414. The number of nitrogen functional groups attached to an aromatic ring is 1. The summed E-state index contributed by atoms with van der Waals surface area (Å²) >= 11 is 0. The normalized spacial score (nSPS) is 15.3. The van der Waals surface area contributed by atoms with Crippen molar-refractivity contribution in [3.63, 3.8) is 0 Å². The summed E-state index contributed by atoms with van der Waals surface area (Å²) in [6.07, 6.45) is 2.42. The van der Waals surface area contributed by atoms with E-state index in [-0.39, 0.29) is 28.6 Å². The lowest BCUT2D eigenvalue weighted by molar-refractivity contribution is -0.138. The van der Waals surface area contributed by atoms with Gasteiger partial charge in [-0.2, -0.15) is 13.2 Å². The summed E-state index contributed by atoms with van der Waals surface area (Å²) < 4.78 is 46.4. The highest BCUT2D eigenvalue weighted by Crippen LogP contribution is 2.41. The molecule has 13 heteroatoms. The van der Waals surface area contributed by atoms with E-state index in [1.165, 1.54) is 6.20 Å². The number of anilines is 3. The highest BCUT2D eigenvalue weighted by atomic mass is 19.4. The number of nitrogens with two attached hydrogens (primary N) is 2. The molecule has 1 amide bonds. The van der Waals surface area contributed by atoms with Crippen LogP contribution in [-0.2, 0) is 6.18 Å². The molecule has 3 aromatic rings. The number of rotatable bonds is 7. The van der Waals surface area contributed by atoms with Crippen molar-refractivity contribution in [1.82, 2.24) is 19.9 Å². The molecule has 0 aliphatic carbocycles. The fourth-order valence-electron chi connectivity index (χ4n) is 4.62. The van der Waals surface area contributed by atoms with Crippen LogP contribution in [0.1, 0.15) is 48.7 Å². The number of nitrogens with one attached hydrogen (secondary N) is 1. The van der Waals surface area contributed by atoms with Gasteiger partial charge in [0.15, 0.2) is 17.3 Å². The number of piperidine rings is 1. The average Bonchev–Trinajstić information content (AvgIpc) is 2.89. The fourth-order valence-corrected chi connectivity index (χ4v) is 4.62. The first-order valence-corrected chi connectivity index (χ1v) is 12.1. The monoisotopic (exact) mass is 530 g/mol. The SMILES string of the molecule is CCCC1(N)CCN(c2cccnc2NC(=O)c2nc(-c3nccc(OC)c3C(F)(F)F)cnc2N)CC1. The van der Waals surface area contributed by atoms with E-state index in [0.717, 1.165) is 51.3 Å². The van der Waals surface area contributed by atoms with Crippen LogP contribution in [0.25, 0.3) is 11.4 Å². The van der Waals surface area contributed by atoms with Gasteiger partial charge in [-0.25, -0.2) is 15.0 Å². The lowest BCUT2D eigenvalue weighted by atomic mass is 9.84. The number of pyridine rings is 2. The van der Waals surface area contributed by atoms with Crippen LogP contribution in [0.2, 0.25) is 0 Å². The number of methoxy groups -OCH3 is 1. The number of aromatic nitrogens is 4. The van der Waals surface area contributed by atoms with Crippen LogP contribution in [-0.4, -0.2) is 51.6 Å². The number of alkyl halides is 3. The summed E-state index contributed by atoms with van der Waals surface area (Å²) in [4.78, 5) is 31.4. The van der Waals surface area contributed by atoms with E-state index < -0.39 is 29.1 Å². The molecule has 10 nitrogen and oxygen atoms in total. The summed E-state index contributed by atoms with van der Waals surface area (Å²) in [6.45, 7) is 3.47. The molecule has 0 aromatic carbocycles. The van der Waals surface area contributed by atoms with Gasteiger partial charge in [0.25, 0.3) is 5.91 Å². The van der Waals surface area contributed by atoms with Crippen molar-refractivity contribution in [2.24, 2.45) is 5.73 Å². The van der Waals surface area contributed by atoms with Gasteiger partial charge in [-0.15, -0.1) is 0 Å². The smallest absolute Gasteiger partial charge is 0.422 e. The third-order valence-electron chi connectivity index (χ3n) is 6.54. The first kappa shape index (κ1) is 27.0. The van der Waals surface area contributed by atoms with Gasteiger partial charge in [0.1, 0.15) is 22.7 Å². The third kappa shape index (κ3) is 5.62. The second kappa shape index (κ2) is 10.8. The molecule has 1 aliphatic heterocycles. The van der Waals surface area contributed by atoms with E-state index >= 15 is 0 Å². The first-order chi connectivity index (χ1) is 18.1. The number of amides is 1. The molecule has 0 saturated carbocycles. The first-order valence-electron chi connectivity index (χ1n) is 12.1. The standard InChI is InChI=1S/C25H29F3N8O2/c1-3-7-24(30)8-12-36(13-9-24)16-5-4-10-32-22(16)35-23(37)20-21(29)33-14-15(34-20)19-18(25(26,27)28)17(38-2)6-11-31-19/h4-6,10-11,14H,3,7-9,12-13,30H2,1-2H3,(H2,29,33)(H,32,35,37). The predicted octanol–water partition coefficient (Wildman–Crippen LogP) is 3.89. The molecule has 38 heavy (non-hydrogen) atoms. The van der Waals surface area contributed by atoms with Crippen LogP contribution < -0.4 is 26.4 Å². The molecule has 5 N–H and O–H groups in total. The largest absolute Gasteiger partial charge is 0.496 e. The number of ether oxygens (including phenoxy) is 1. The number of nitrogens with zero attached hydrogens (tertiary/aromatic N) is 5. The second-order valence-electron chi connectivity index (χ2n) is 9.15. The third-order valence-corrected chi connectivity index (χ3v) is 6.54. The zero-order valence-corrected chi connectivity index (χ0v) is 21.0. The summed E-state index contributed by atoms with van der Waals surface area (Å²) in [5.74, 6) is -1.21. The van der Waals surface area contributed by atoms with Crippen LogP contribution in [0.3, 0.4) is 0 Å². The Hall–Kier alpha value is -4.00. The lowest BCUT2D eigenvalue weighted by Crippen LogP contribution is -2.50. The second-order valence-corrected chi connectivity index (χ2v) is 9.15. The number of carbonyl (C=O) groups is 1. The van der Waals surface area contributed by atoms with Gasteiger partial charge in [0, 0.05) is 31.0 Å². The Morgan fingerprint density at radius 3 is 2.58 bits per heavy atom. The van der Waals surface area contributed by atoms with Gasteiger partial charge in [-0.3, -0.25) is 9.78 Å². The van der Waals surface area contributed by atoms with E-state index in [4.69, 9.17) is 16.2 Å². The summed E-state index contributed by atoms with van der Waals surface area (Å²) in [6, 6.07) is 4.67. The number of halogens is 3. The van der Waals surface area contributed by atoms with Crippen molar-refractivity contribution < 1.29 is 22.7 Å². The van der Waals surface area contributed by atoms with Crippen molar-refractivity contribution in [3.8, 4) is 17.1 Å². The summed E-state index contributed by atoms with van der Waals surface area (Å²) in [5.41, 5.74) is 10.6. The van der Waals surface area contributed by atoms with Gasteiger partial charge in [0.05, 0.1) is 19.0 Å². The lowest BCUT2D eigenvalue weighted by Gasteiger charge is -2.40. The Bertz CT molecular complexity index is 1310. The van der Waals surface area contributed by atoms with Crippen LogP contribution in [0, 0.1) is 0 Å². The Morgan fingerprint density at radius 2 is 1.92 bits per heavy atom. The molecule has 0 radical (unpaired) electrons. The molecule has 0 unspecified atom stereocenters. The zero-order chi connectivity index (χ0) is 27.5. The summed E-state index contributed by atoms with van der Waals surface area (Å²) in [7, 11) is 1.12. The molecule has 202 valence electrons. The maximum absolute atomic E-state index is 13.8. The molecule has 0 bridgehead atoms. The molecule has 4 heterocycles. The van der Waals surface area contributed by atoms with Gasteiger partial charge in [-0.05, 0) is 37.5 Å². The molecule has 1 saturated heterocycles. The van der Waals surface area contributed by atoms with Crippen LogP contribution in [0.4, 0.5) is 30.5 Å². The number of carbonyl (C=O) groups excluding carboxylic acids is 1. The van der Waals surface area contributed by atoms with E-state index in [1.807, 2.05) is 6.07 Å².